The molecule has 3 N–H and O–H groups in total. The third-order valence-electron chi connectivity index (χ3n) is 2.96. The molecule has 1 heterocycles. The fourth-order valence-corrected chi connectivity index (χ4v) is 3.41. The second kappa shape index (κ2) is 5.19. The first kappa shape index (κ1) is 12.6. The first-order chi connectivity index (χ1) is 8.08. The van der Waals surface area contributed by atoms with Crippen molar-refractivity contribution in [3.63, 3.8) is 0 Å². The Balaban J connectivity index is 2.12. The van der Waals surface area contributed by atoms with Crippen LogP contribution in [0, 0.1) is 0 Å². The van der Waals surface area contributed by atoms with E-state index in [4.69, 9.17) is 17.3 Å². The lowest BCUT2D eigenvalue weighted by Crippen LogP contribution is -2.24. The summed E-state index contributed by atoms with van der Waals surface area (Å²) >= 11 is 7.97. The molecule has 0 aromatic heterocycles. The summed E-state index contributed by atoms with van der Waals surface area (Å²) in [7, 11) is 0. The summed E-state index contributed by atoms with van der Waals surface area (Å²) in [4.78, 5) is 11.0. The van der Waals surface area contributed by atoms with Crippen LogP contribution in [0.4, 0.5) is 5.69 Å². The molecule has 17 heavy (non-hydrogen) atoms. The number of hydrogen-bond donors (Lipinski definition) is 2. The van der Waals surface area contributed by atoms with Gasteiger partial charge in [0.15, 0.2) is 0 Å². The van der Waals surface area contributed by atoms with Crippen molar-refractivity contribution in [1.29, 1.82) is 0 Å². The van der Waals surface area contributed by atoms with Crippen molar-refractivity contribution in [3.05, 3.63) is 28.8 Å². The molecule has 2 unspecified atom stereocenters. The largest absolute Gasteiger partial charge is 0.381 e. The highest BCUT2D eigenvalue weighted by Gasteiger charge is 2.23. The average Bonchev–Trinajstić information content (AvgIpc) is 2.64. The summed E-state index contributed by atoms with van der Waals surface area (Å²) in [5.74, 6) is 0.692. The predicted molar refractivity (Wildman–Crippen MR) is 73.9 cm³/mol. The Morgan fingerprint density at radius 1 is 1.59 bits per heavy atom. The second-order valence-corrected chi connectivity index (χ2v) is 6.07. The summed E-state index contributed by atoms with van der Waals surface area (Å²) in [6.07, 6.45) is 1.15. The van der Waals surface area contributed by atoms with Gasteiger partial charge in [-0.05, 0) is 30.4 Å². The molecule has 5 heteroatoms. The van der Waals surface area contributed by atoms with Crippen molar-refractivity contribution in [2.75, 3.05) is 11.1 Å². The van der Waals surface area contributed by atoms with Crippen LogP contribution in [0.15, 0.2) is 18.2 Å². The summed E-state index contributed by atoms with van der Waals surface area (Å²) in [5, 5.41) is 4.45. The first-order valence-electron chi connectivity index (χ1n) is 5.55. The fourth-order valence-electron chi connectivity index (χ4n) is 1.94. The molecule has 0 saturated carbocycles. The maximum absolute atomic E-state index is 11.0. The molecule has 1 saturated heterocycles. The molecular formula is C12H15ClN2OS. The predicted octanol–water partition coefficient (Wildman–Crippen LogP) is 2.74. The van der Waals surface area contributed by atoms with Crippen LogP contribution >= 0.6 is 23.4 Å². The van der Waals surface area contributed by atoms with Crippen LogP contribution in [0.1, 0.15) is 23.7 Å². The zero-order valence-electron chi connectivity index (χ0n) is 9.57. The Labute approximate surface area is 110 Å². The van der Waals surface area contributed by atoms with E-state index in [2.05, 4.69) is 12.2 Å². The lowest BCUT2D eigenvalue weighted by atomic mass is 10.1. The van der Waals surface area contributed by atoms with Gasteiger partial charge in [0.05, 0.1) is 10.6 Å². The Hall–Kier alpha value is -0.870. The number of carbonyl (C=O) groups excluding carboxylic acids is 1. The highest BCUT2D eigenvalue weighted by Crippen LogP contribution is 2.30. The molecular weight excluding hydrogens is 256 g/mol. The van der Waals surface area contributed by atoms with E-state index in [1.54, 1.807) is 12.1 Å². The molecule has 2 rings (SSSR count). The van der Waals surface area contributed by atoms with Crippen molar-refractivity contribution in [1.82, 2.24) is 0 Å². The van der Waals surface area contributed by atoms with Crippen molar-refractivity contribution in [3.8, 4) is 0 Å². The van der Waals surface area contributed by atoms with Gasteiger partial charge in [-0.1, -0.05) is 18.5 Å². The van der Waals surface area contributed by atoms with Gasteiger partial charge in [-0.2, -0.15) is 11.8 Å². The monoisotopic (exact) mass is 270 g/mol. The lowest BCUT2D eigenvalue weighted by Gasteiger charge is -2.18. The minimum Gasteiger partial charge on any atom is -0.381 e. The number of thioether (sulfide) groups is 1. The molecule has 0 bridgehead atoms. The number of halogens is 1. The van der Waals surface area contributed by atoms with Crippen LogP contribution < -0.4 is 11.1 Å². The molecule has 1 aliphatic heterocycles. The Bertz CT molecular complexity index is 439. The number of nitrogens with one attached hydrogen (secondary N) is 1. The number of rotatable bonds is 3. The van der Waals surface area contributed by atoms with Gasteiger partial charge in [-0.3, -0.25) is 4.79 Å². The van der Waals surface area contributed by atoms with E-state index >= 15 is 0 Å². The number of primary amides is 1. The smallest absolute Gasteiger partial charge is 0.250 e. The average molecular weight is 271 g/mol. The summed E-state index contributed by atoms with van der Waals surface area (Å²) in [5.41, 5.74) is 6.51. The van der Waals surface area contributed by atoms with E-state index < -0.39 is 5.91 Å². The number of hydrogen-bond acceptors (Lipinski definition) is 3. The van der Waals surface area contributed by atoms with Crippen LogP contribution in [0.3, 0.4) is 0 Å². The van der Waals surface area contributed by atoms with Gasteiger partial charge in [0.25, 0.3) is 0 Å². The van der Waals surface area contributed by atoms with Crippen molar-refractivity contribution >= 4 is 35.0 Å². The lowest BCUT2D eigenvalue weighted by molar-refractivity contribution is 0.100. The molecule has 92 valence electrons. The molecule has 1 aromatic carbocycles. The summed E-state index contributed by atoms with van der Waals surface area (Å²) in [6.45, 7) is 2.22. The second-order valence-electron chi connectivity index (χ2n) is 4.17. The summed E-state index contributed by atoms with van der Waals surface area (Å²) in [6, 6.07) is 5.74. The highest BCUT2D eigenvalue weighted by atomic mass is 35.5. The highest BCUT2D eigenvalue weighted by molar-refractivity contribution is 8.00. The minimum absolute atomic E-state index is 0.367. The molecule has 1 aromatic rings. The van der Waals surface area contributed by atoms with Gasteiger partial charge in [0.1, 0.15) is 0 Å². The van der Waals surface area contributed by atoms with Gasteiger partial charge >= 0.3 is 0 Å². The van der Waals surface area contributed by atoms with Gasteiger partial charge in [-0.15, -0.1) is 0 Å². The van der Waals surface area contributed by atoms with E-state index in [1.165, 1.54) is 5.75 Å². The molecule has 0 radical (unpaired) electrons. The minimum atomic E-state index is -0.494. The van der Waals surface area contributed by atoms with E-state index in [1.807, 2.05) is 17.8 Å². The Morgan fingerprint density at radius 3 is 2.88 bits per heavy atom. The van der Waals surface area contributed by atoms with E-state index in [-0.39, 0.29) is 0 Å². The van der Waals surface area contributed by atoms with E-state index in [9.17, 15) is 4.79 Å². The van der Waals surface area contributed by atoms with Crippen molar-refractivity contribution in [2.45, 2.75) is 24.6 Å². The zero-order valence-corrected chi connectivity index (χ0v) is 11.1. The van der Waals surface area contributed by atoms with Gasteiger partial charge in [0, 0.05) is 17.0 Å². The maximum Gasteiger partial charge on any atom is 0.250 e. The molecule has 1 amide bonds. The van der Waals surface area contributed by atoms with Crippen molar-refractivity contribution < 1.29 is 4.79 Å². The Kier molecular flexibility index (Phi) is 3.84. The van der Waals surface area contributed by atoms with Gasteiger partial charge < -0.3 is 11.1 Å². The first-order valence-corrected chi connectivity index (χ1v) is 6.98. The number of amides is 1. The SMILES string of the molecule is CC1SCCC1Nc1ccc(C(N)=O)c(Cl)c1. The third-order valence-corrected chi connectivity index (χ3v) is 4.60. The van der Waals surface area contributed by atoms with Crippen LogP contribution in [0.5, 0.6) is 0 Å². The molecule has 2 atom stereocenters. The molecule has 3 nitrogen and oxygen atoms in total. The number of nitrogens with two attached hydrogens (primary N) is 1. The normalized spacial score (nSPS) is 23.6. The van der Waals surface area contributed by atoms with Crippen LogP contribution in [0.2, 0.25) is 5.02 Å². The topological polar surface area (TPSA) is 55.1 Å². The maximum atomic E-state index is 11.0. The van der Waals surface area contributed by atoms with Crippen LogP contribution in [0.25, 0.3) is 0 Å². The molecule has 0 aliphatic carbocycles. The zero-order chi connectivity index (χ0) is 12.4. The van der Waals surface area contributed by atoms with Crippen LogP contribution in [-0.2, 0) is 0 Å². The quantitative estimate of drug-likeness (QED) is 0.888. The standard InChI is InChI=1S/C12H15ClN2OS/c1-7-11(4-5-17-7)15-8-2-3-9(12(14)16)10(13)6-8/h2-3,6-7,11,15H,4-5H2,1H3,(H2,14,16). The summed E-state index contributed by atoms with van der Waals surface area (Å²) < 4.78 is 0. The van der Waals surface area contributed by atoms with Gasteiger partial charge in [0.2, 0.25) is 5.91 Å². The number of anilines is 1. The number of carbonyl (C=O) groups is 1. The Morgan fingerprint density at radius 2 is 2.35 bits per heavy atom. The van der Waals surface area contributed by atoms with E-state index in [0.717, 1.165) is 12.1 Å². The van der Waals surface area contributed by atoms with Crippen molar-refractivity contribution in [2.24, 2.45) is 5.73 Å². The van der Waals surface area contributed by atoms with E-state index in [0.29, 0.717) is 21.9 Å². The van der Waals surface area contributed by atoms with Gasteiger partial charge in [-0.25, -0.2) is 0 Å². The fraction of sp³-hybridized carbons (Fsp3) is 0.417. The molecule has 1 fully saturated rings. The van der Waals surface area contributed by atoms with Crippen LogP contribution in [-0.4, -0.2) is 23.0 Å². The molecule has 1 aliphatic rings. The third kappa shape index (κ3) is 2.87. The molecule has 0 spiro atoms. The number of benzene rings is 1.